The van der Waals surface area contributed by atoms with Crippen LogP contribution in [-0.2, 0) is 13.1 Å². The largest absolute Gasteiger partial charge is 0.493 e. The summed E-state index contributed by atoms with van der Waals surface area (Å²) in [6, 6.07) is 14.8. The molecule has 7 nitrogen and oxygen atoms in total. The molecule has 0 aromatic heterocycles. The monoisotopic (exact) mass is 493 g/mol. The third-order valence-electron chi connectivity index (χ3n) is 5.99. The fraction of sp³-hybridized carbons (Fsp3) is 0.222. The lowest BCUT2D eigenvalue weighted by Crippen LogP contribution is -2.31. The van der Waals surface area contributed by atoms with Crippen LogP contribution < -0.4 is 23.7 Å². The number of hydrogen-bond acceptors (Lipinski definition) is 7. The number of nitrogens with zero attached hydrogens (tertiary/aromatic N) is 1. The molecule has 0 saturated heterocycles. The second-order valence-corrected chi connectivity index (χ2v) is 8.64. The summed E-state index contributed by atoms with van der Waals surface area (Å²) in [5, 5.41) is 0.699. The summed E-state index contributed by atoms with van der Waals surface area (Å²) < 4.78 is 28.3. The predicted molar refractivity (Wildman–Crippen MR) is 132 cm³/mol. The van der Waals surface area contributed by atoms with E-state index in [1.54, 1.807) is 45.6 Å². The van der Waals surface area contributed by atoms with Gasteiger partial charge in [-0.15, -0.1) is 0 Å². The molecule has 5 rings (SSSR count). The standard InChI is InChI=1S/C27H24ClNO6/c1-31-23-11-17(12-24(32-2)27(23)33-3)10-22-25(30)19-8-9-21-20(26(19)35-22)14-29(15-34-21)13-16-4-6-18(28)7-5-16/h4-12H,13-15H2,1-3H3/b22-10-. The van der Waals surface area contributed by atoms with Gasteiger partial charge in [-0.1, -0.05) is 23.7 Å². The van der Waals surface area contributed by atoms with Crippen molar-refractivity contribution in [2.24, 2.45) is 0 Å². The molecule has 0 radical (unpaired) electrons. The zero-order chi connectivity index (χ0) is 24.5. The number of hydrogen-bond donors (Lipinski definition) is 0. The molecule has 0 bridgehead atoms. The van der Waals surface area contributed by atoms with Gasteiger partial charge in [0.05, 0.1) is 32.5 Å². The Kier molecular flexibility index (Phi) is 6.28. The summed E-state index contributed by atoms with van der Waals surface area (Å²) in [5.74, 6) is 2.75. The van der Waals surface area contributed by atoms with E-state index in [0.29, 0.717) is 59.0 Å². The summed E-state index contributed by atoms with van der Waals surface area (Å²) in [7, 11) is 4.63. The summed E-state index contributed by atoms with van der Waals surface area (Å²) >= 11 is 6.01. The van der Waals surface area contributed by atoms with Crippen molar-refractivity contribution in [2.75, 3.05) is 28.1 Å². The molecule has 0 amide bonds. The van der Waals surface area contributed by atoms with Crippen molar-refractivity contribution in [3.05, 3.63) is 81.6 Å². The Bertz CT molecular complexity index is 1290. The second kappa shape index (κ2) is 9.52. The lowest BCUT2D eigenvalue weighted by Gasteiger charge is -2.29. The van der Waals surface area contributed by atoms with Gasteiger partial charge in [0.15, 0.2) is 17.3 Å². The highest BCUT2D eigenvalue weighted by Gasteiger charge is 2.33. The Balaban J connectivity index is 1.43. The Labute approximate surface area is 208 Å². The van der Waals surface area contributed by atoms with Crippen LogP contribution >= 0.6 is 11.6 Å². The number of rotatable bonds is 6. The maximum absolute atomic E-state index is 13.2. The van der Waals surface area contributed by atoms with Gasteiger partial charge in [0.1, 0.15) is 18.2 Å². The van der Waals surface area contributed by atoms with E-state index in [1.807, 2.05) is 30.3 Å². The lowest BCUT2D eigenvalue weighted by atomic mass is 10.0. The van der Waals surface area contributed by atoms with Crippen molar-refractivity contribution in [1.82, 2.24) is 4.90 Å². The molecular formula is C27H24ClNO6. The number of Topliss-reactive ketones (excluding diaryl/α,β-unsaturated/α-hetero) is 1. The Morgan fingerprint density at radius 2 is 1.71 bits per heavy atom. The first-order valence-electron chi connectivity index (χ1n) is 11.0. The molecule has 2 heterocycles. The van der Waals surface area contributed by atoms with Crippen LogP contribution in [0.15, 0.2) is 54.3 Å². The van der Waals surface area contributed by atoms with Crippen LogP contribution in [0, 0.1) is 0 Å². The normalized spacial score (nSPS) is 15.8. The van der Waals surface area contributed by atoms with E-state index >= 15 is 0 Å². The van der Waals surface area contributed by atoms with Crippen LogP contribution in [0.25, 0.3) is 6.08 Å². The highest BCUT2D eigenvalue weighted by atomic mass is 35.5. The van der Waals surface area contributed by atoms with Crippen LogP contribution in [0.5, 0.6) is 28.7 Å². The second-order valence-electron chi connectivity index (χ2n) is 8.20. The number of methoxy groups -OCH3 is 3. The first-order valence-corrected chi connectivity index (χ1v) is 11.4. The number of carbonyl (C=O) groups excluding carboxylic acids is 1. The fourth-order valence-electron chi connectivity index (χ4n) is 4.29. The van der Waals surface area contributed by atoms with Crippen molar-refractivity contribution in [1.29, 1.82) is 0 Å². The van der Waals surface area contributed by atoms with Gasteiger partial charge >= 0.3 is 0 Å². The van der Waals surface area contributed by atoms with Gasteiger partial charge in [-0.2, -0.15) is 0 Å². The van der Waals surface area contributed by atoms with Crippen molar-refractivity contribution in [3.8, 4) is 28.7 Å². The zero-order valence-corrected chi connectivity index (χ0v) is 20.3. The average molecular weight is 494 g/mol. The molecule has 2 aliphatic heterocycles. The van der Waals surface area contributed by atoms with Crippen molar-refractivity contribution >= 4 is 23.5 Å². The molecule has 0 unspecified atom stereocenters. The number of halogens is 1. The number of ketones is 1. The first kappa shape index (κ1) is 23.1. The van der Waals surface area contributed by atoms with Gasteiger partial charge in [0.25, 0.3) is 0 Å². The minimum Gasteiger partial charge on any atom is -0.493 e. The summed E-state index contributed by atoms with van der Waals surface area (Å²) in [6.07, 6.45) is 1.67. The molecule has 0 atom stereocenters. The van der Waals surface area contributed by atoms with E-state index in [2.05, 4.69) is 4.90 Å². The first-order chi connectivity index (χ1) is 17.0. The van der Waals surface area contributed by atoms with Crippen LogP contribution in [0.2, 0.25) is 5.02 Å². The zero-order valence-electron chi connectivity index (χ0n) is 19.6. The van der Waals surface area contributed by atoms with Gasteiger partial charge in [0, 0.05) is 18.1 Å². The van der Waals surface area contributed by atoms with Crippen LogP contribution in [0.3, 0.4) is 0 Å². The lowest BCUT2D eigenvalue weighted by molar-refractivity contribution is 0.0873. The smallest absolute Gasteiger partial charge is 0.231 e. The quantitative estimate of drug-likeness (QED) is 0.430. The van der Waals surface area contributed by atoms with Crippen molar-refractivity contribution < 1.29 is 28.5 Å². The van der Waals surface area contributed by atoms with Crippen LogP contribution in [0.1, 0.15) is 27.0 Å². The molecule has 0 spiro atoms. The van der Waals surface area contributed by atoms with Gasteiger partial charge in [0.2, 0.25) is 11.5 Å². The van der Waals surface area contributed by atoms with Crippen molar-refractivity contribution in [3.63, 3.8) is 0 Å². The minimum absolute atomic E-state index is 0.189. The molecule has 2 aliphatic rings. The number of allylic oxidation sites excluding steroid dienone is 1. The van der Waals surface area contributed by atoms with Crippen molar-refractivity contribution in [2.45, 2.75) is 13.1 Å². The summed E-state index contributed by atoms with van der Waals surface area (Å²) in [5.41, 5.74) is 3.17. The van der Waals surface area contributed by atoms with E-state index in [0.717, 1.165) is 16.9 Å². The molecule has 0 aliphatic carbocycles. The van der Waals surface area contributed by atoms with Gasteiger partial charge < -0.3 is 23.7 Å². The molecule has 35 heavy (non-hydrogen) atoms. The molecular weight excluding hydrogens is 470 g/mol. The fourth-order valence-corrected chi connectivity index (χ4v) is 4.42. The topological polar surface area (TPSA) is 66.5 Å². The molecule has 8 heteroatoms. The van der Waals surface area contributed by atoms with E-state index in [9.17, 15) is 4.79 Å². The third kappa shape index (κ3) is 4.40. The molecule has 3 aromatic carbocycles. The maximum atomic E-state index is 13.2. The van der Waals surface area contributed by atoms with E-state index in [4.69, 9.17) is 35.3 Å². The third-order valence-corrected chi connectivity index (χ3v) is 6.24. The van der Waals surface area contributed by atoms with Gasteiger partial charge in [-0.3, -0.25) is 9.69 Å². The number of benzene rings is 3. The number of ether oxygens (including phenoxy) is 5. The van der Waals surface area contributed by atoms with E-state index in [-0.39, 0.29) is 11.5 Å². The highest BCUT2D eigenvalue weighted by Crippen LogP contribution is 2.43. The molecule has 0 fully saturated rings. The van der Waals surface area contributed by atoms with Crippen LogP contribution in [-0.4, -0.2) is 38.7 Å². The molecule has 0 saturated carbocycles. The number of carbonyl (C=O) groups is 1. The predicted octanol–water partition coefficient (Wildman–Crippen LogP) is 5.33. The van der Waals surface area contributed by atoms with Gasteiger partial charge in [-0.25, -0.2) is 0 Å². The Morgan fingerprint density at radius 1 is 1.00 bits per heavy atom. The number of fused-ring (bicyclic) bond motifs is 3. The summed E-state index contributed by atoms with van der Waals surface area (Å²) in [6.45, 7) is 1.71. The van der Waals surface area contributed by atoms with Crippen LogP contribution in [0.4, 0.5) is 0 Å². The van der Waals surface area contributed by atoms with E-state index < -0.39 is 0 Å². The average Bonchev–Trinajstić information content (AvgIpc) is 3.20. The summed E-state index contributed by atoms with van der Waals surface area (Å²) in [4.78, 5) is 15.3. The molecule has 3 aromatic rings. The highest BCUT2D eigenvalue weighted by molar-refractivity contribution is 6.30. The SMILES string of the molecule is COc1cc(/C=C2\Oc3c(ccc4c3CN(Cc3ccc(Cl)cc3)CO4)C2=O)cc(OC)c1OC. The maximum Gasteiger partial charge on any atom is 0.231 e. The van der Waals surface area contributed by atoms with E-state index in [1.165, 1.54) is 0 Å². The van der Waals surface area contributed by atoms with Gasteiger partial charge in [-0.05, 0) is 53.6 Å². The Hall–Kier alpha value is -3.68. The molecule has 180 valence electrons. The molecule has 0 N–H and O–H groups in total. The Morgan fingerprint density at radius 3 is 2.37 bits per heavy atom. The minimum atomic E-state index is -0.189.